The molecule has 4 rings (SSSR count). The molecule has 4 aromatic rings. The fourth-order valence-electron chi connectivity index (χ4n) is 3.08. The molecule has 2 N–H and O–H groups in total. The van der Waals surface area contributed by atoms with Crippen molar-refractivity contribution in [3.05, 3.63) is 90.6 Å². The fraction of sp³-hybridized carbons (Fsp3) is 0.0800. The summed E-state index contributed by atoms with van der Waals surface area (Å²) in [7, 11) is 3.20. The number of carbonyl (C=O) groups is 1. The van der Waals surface area contributed by atoms with E-state index in [9.17, 15) is 4.79 Å². The summed E-state index contributed by atoms with van der Waals surface area (Å²) >= 11 is 0. The zero-order valence-electron chi connectivity index (χ0n) is 17.7. The van der Waals surface area contributed by atoms with E-state index in [4.69, 9.17) is 9.47 Å². The van der Waals surface area contributed by atoms with Gasteiger partial charge in [0.15, 0.2) is 5.82 Å². The van der Waals surface area contributed by atoms with Crippen LogP contribution in [-0.4, -0.2) is 30.1 Å². The summed E-state index contributed by atoms with van der Waals surface area (Å²) in [6.07, 6.45) is 1.52. The number of rotatable bonds is 7. The molecule has 1 aromatic heterocycles. The molecule has 1 heterocycles. The average Bonchev–Trinajstić information content (AvgIpc) is 2.85. The van der Waals surface area contributed by atoms with E-state index in [1.807, 2.05) is 54.6 Å². The molecule has 0 bridgehead atoms. The number of ether oxygens (including phenoxy) is 2. The summed E-state index contributed by atoms with van der Waals surface area (Å²) in [6.45, 7) is 0. The number of amides is 1. The Balaban J connectivity index is 1.68. The van der Waals surface area contributed by atoms with Crippen molar-refractivity contribution >= 4 is 23.1 Å². The van der Waals surface area contributed by atoms with Gasteiger partial charge < -0.3 is 20.1 Å². The van der Waals surface area contributed by atoms with Crippen LogP contribution in [0.2, 0.25) is 0 Å². The van der Waals surface area contributed by atoms with Crippen LogP contribution in [0.1, 0.15) is 10.4 Å². The van der Waals surface area contributed by atoms with Crippen molar-refractivity contribution in [2.45, 2.75) is 0 Å². The molecular formula is C25H22N4O3. The van der Waals surface area contributed by atoms with Crippen molar-refractivity contribution in [2.24, 2.45) is 0 Å². The molecule has 0 saturated heterocycles. The van der Waals surface area contributed by atoms with Gasteiger partial charge in [-0.3, -0.25) is 4.79 Å². The molecule has 0 aliphatic heterocycles. The number of hydrogen-bond donors (Lipinski definition) is 2. The number of hydrogen-bond acceptors (Lipinski definition) is 6. The highest BCUT2D eigenvalue weighted by Crippen LogP contribution is 2.26. The molecule has 0 radical (unpaired) electrons. The maximum atomic E-state index is 13.1. The Kier molecular flexibility index (Phi) is 6.27. The second kappa shape index (κ2) is 9.61. The van der Waals surface area contributed by atoms with E-state index in [1.165, 1.54) is 6.20 Å². The zero-order chi connectivity index (χ0) is 22.3. The van der Waals surface area contributed by atoms with E-state index in [2.05, 4.69) is 20.6 Å². The topological polar surface area (TPSA) is 85.4 Å². The minimum absolute atomic E-state index is 0.309. The number of carbonyl (C=O) groups excluding carboxylic acids is 1. The van der Waals surface area contributed by atoms with Crippen LogP contribution in [0.4, 0.5) is 17.2 Å². The molecular weight excluding hydrogens is 404 g/mol. The highest BCUT2D eigenvalue weighted by molar-refractivity contribution is 6.07. The Hall–Kier alpha value is -4.39. The van der Waals surface area contributed by atoms with Gasteiger partial charge >= 0.3 is 0 Å². The van der Waals surface area contributed by atoms with Crippen LogP contribution in [0, 0.1) is 0 Å². The molecule has 0 saturated carbocycles. The number of anilines is 3. The fourth-order valence-corrected chi connectivity index (χ4v) is 3.08. The Morgan fingerprint density at radius 2 is 1.56 bits per heavy atom. The lowest BCUT2D eigenvalue weighted by molar-refractivity contribution is 0.102. The van der Waals surface area contributed by atoms with E-state index in [1.54, 1.807) is 38.5 Å². The molecule has 32 heavy (non-hydrogen) atoms. The van der Waals surface area contributed by atoms with Crippen LogP contribution < -0.4 is 20.1 Å². The van der Waals surface area contributed by atoms with Gasteiger partial charge in [-0.15, -0.1) is 0 Å². The van der Waals surface area contributed by atoms with Crippen LogP contribution in [0.3, 0.4) is 0 Å². The summed E-state index contributed by atoms with van der Waals surface area (Å²) < 4.78 is 10.5. The first-order valence-corrected chi connectivity index (χ1v) is 9.95. The molecule has 0 spiro atoms. The SMILES string of the molecule is COc1ccc(NC(=O)c2cnc(-c3ccccc3)nc2Nc2cccc(OC)c2)cc1. The predicted octanol–water partition coefficient (Wildman–Crippen LogP) is 5.16. The van der Waals surface area contributed by atoms with Crippen molar-refractivity contribution < 1.29 is 14.3 Å². The first kappa shape index (κ1) is 20.9. The Morgan fingerprint density at radius 1 is 0.812 bits per heavy atom. The smallest absolute Gasteiger partial charge is 0.261 e. The number of methoxy groups -OCH3 is 2. The normalized spacial score (nSPS) is 10.3. The van der Waals surface area contributed by atoms with Crippen molar-refractivity contribution in [1.82, 2.24) is 9.97 Å². The van der Waals surface area contributed by atoms with Crippen molar-refractivity contribution in [3.8, 4) is 22.9 Å². The third kappa shape index (κ3) is 4.84. The van der Waals surface area contributed by atoms with Crippen LogP contribution in [0.15, 0.2) is 85.1 Å². The maximum absolute atomic E-state index is 13.1. The minimum Gasteiger partial charge on any atom is -0.497 e. The van der Waals surface area contributed by atoms with Crippen LogP contribution >= 0.6 is 0 Å². The molecule has 3 aromatic carbocycles. The molecule has 160 valence electrons. The average molecular weight is 426 g/mol. The van der Waals surface area contributed by atoms with E-state index in [0.29, 0.717) is 34.4 Å². The summed E-state index contributed by atoms with van der Waals surface area (Å²) in [5, 5.41) is 6.11. The number of aromatic nitrogens is 2. The lowest BCUT2D eigenvalue weighted by atomic mass is 10.2. The van der Waals surface area contributed by atoms with Gasteiger partial charge in [0.1, 0.15) is 22.9 Å². The van der Waals surface area contributed by atoms with E-state index in [0.717, 1.165) is 11.3 Å². The quantitative estimate of drug-likeness (QED) is 0.425. The van der Waals surface area contributed by atoms with Gasteiger partial charge in [0, 0.05) is 29.2 Å². The van der Waals surface area contributed by atoms with Gasteiger partial charge in [-0.2, -0.15) is 0 Å². The van der Waals surface area contributed by atoms with Crippen LogP contribution in [-0.2, 0) is 0 Å². The first-order chi connectivity index (χ1) is 15.7. The number of nitrogens with one attached hydrogen (secondary N) is 2. The maximum Gasteiger partial charge on any atom is 0.261 e. The van der Waals surface area contributed by atoms with Gasteiger partial charge in [-0.1, -0.05) is 36.4 Å². The molecule has 7 nitrogen and oxygen atoms in total. The second-order valence-electron chi connectivity index (χ2n) is 6.86. The molecule has 0 fully saturated rings. The van der Waals surface area contributed by atoms with Gasteiger partial charge in [0.25, 0.3) is 5.91 Å². The Morgan fingerprint density at radius 3 is 2.28 bits per heavy atom. The minimum atomic E-state index is -0.333. The van der Waals surface area contributed by atoms with Crippen LogP contribution in [0.25, 0.3) is 11.4 Å². The number of nitrogens with zero attached hydrogens (tertiary/aromatic N) is 2. The van der Waals surface area contributed by atoms with E-state index >= 15 is 0 Å². The van der Waals surface area contributed by atoms with Crippen molar-refractivity contribution in [2.75, 3.05) is 24.9 Å². The highest BCUT2D eigenvalue weighted by atomic mass is 16.5. The van der Waals surface area contributed by atoms with Gasteiger partial charge in [-0.05, 0) is 36.4 Å². The van der Waals surface area contributed by atoms with Gasteiger partial charge in [0.2, 0.25) is 0 Å². The van der Waals surface area contributed by atoms with E-state index in [-0.39, 0.29) is 5.91 Å². The lowest BCUT2D eigenvalue weighted by Gasteiger charge is -2.13. The zero-order valence-corrected chi connectivity index (χ0v) is 17.7. The summed E-state index contributed by atoms with van der Waals surface area (Å²) in [4.78, 5) is 22.1. The highest BCUT2D eigenvalue weighted by Gasteiger charge is 2.16. The molecule has 0 aliphatic carbocycles. The van der Waals surface area contributed by atoms with Gasteiger partial charge in [0.05, 0.1) is 14.2 Å². The van der Waals surface area contributed by atoms with Gasteiger partial charge in [-0.25, -0.2) is 9.97 Å². The summed E-state index contributed by atoms with van der Waals surface area (Å²) in [6, 6.07) is 24.1. The molecule has 0 aliphatic rings. The second-order valence-corrected chi connectivity index (χ2v) is 6.86. The van der Waals surface area contributed by atoms with E-state index < -0.39 is 0 Å². The first-order valence-electron chi connectivity index (χ1n) is 9.95. The summed E-state index contributed by atoms with van der Waals surface area (Å²) in [5.74, 6) is 1.96. The third-order valence-corrected chi connectivity index (χ3v) is 4.75. The summed E-state index contributed by atoms with van der Waals surface area (Å²) in [5.41, 5.74) is 2.53. The van der Waals surface area contributed by atoms with Crippen molar-refractivity contribution in [3.63, 3.8) is 0 Å². The van der Waals surface area contributed by atoms with Crippen molar-refractivity contribution in [1.29, 1.82) is 0 Å². The monoisotopic (exact) mass is 426 g/mol. The Bertz CT molecular complexity index is 1210. The third-order valence-electron chi connectivity index (χ3n) is 4.75. The number of benzene rings is 3. The largest absolute Gasteiger partial charge is 0.497 e. The Labute approximate surface area is 186 Å². The standard InChI is InChI=1S/C25H22N4O3/c1-31-20-13-11-18(12-14-20)28-25(30)22-16-26-23(17-7-4-3-5-8-17)29-24(22)27-19-9-6-10-21(15-19)32-2/h3-16H,1-2H3,(H,28,30)(H,26,27,29). The predicted molar refractivity (Wildman–Crippen MR) is 125 cm³/mol. The molecule has 1 amide bonds. The molecule has 7 heteroatoms. The molecule has 0 unspecified atom stereocenters. The van der Waals surface area contributed by atoms with Crippen LogP contribution in [0.5, 0.6) is 11.5 Å². The lowest BCUT2D eigenvalue weighted by Crippen LogP contribution is -2.15. The molecule has 0 atom stereocenters.